The quantitative estimate of drug-likeness (QED) is 0.0489. The van der Waals surface area contributed by atoms with Gasteiger partial charge in [-0.15, -0.1) is 0 Å². The van der Waals surface area contributed by atoms with Crippen molar-refractivity contribution in [2.75, 3.05) is 39.9 Å². The number of amides is 1. The van der Waals surface area contributed by atoms with Crippen molar-refractivity contribution in [3.05, 3.63) is 106 Å². The Balaban J connectivity index is 1.51. The van der Waals surface area contributed by atoms with Crippen molar-refractivity contribution in [2.24, 2.45) is 0 Å². The summed E-state index contributed by atoms with van der Waals surface area (Å²) in [5.74, 6) is -0.0508. The molecular weight excluding hydrogens is 692 g/mol. The minimum atomic E-state index is -3.85. The van der Waals surface area contributed by atoms with Crippen LogP contribution in [0.25, 0.3) is 0 Å². The molecule has 0 bridgehead atoms. The lowest BCUT2D eigenvalue weighted by Gasteiger charge is -2.24. The number of nitrogens with one attached hydrogen (secondary N) is 4. The third kappa shape index (κ3) is 17.4. The fourth-order valence-corrected chi connectivity index (χ4v) is 5.99. The van der Waals surface area contributed by atoms with Crippen LogP contribution in [0, 0.1) is 0 Å². The lowest BCUT2D eigenvalue weighted by atomic mass is 9.98. The van der Waals surface area contributed by atoms with Gasteiger partial charge in [-0.1, -0.05) is 79.8 Å². The smallest absolute Gasteiger partial charge is 0.387 e. The Hall–Kier alpha value is -3.49. The maximum absolute atomic E-state index is 15.4. The van der Waals surface area contributed by atoms with E-state index in [4.69, 9.17) is 13.8 Å². The fourth-order valence-electron chi connectivity index (χ4n) is 4.94. The predicted octanol–water partition coefficient (Wildman–Crippen LogP) is 5.07. The first-order valence-electron chi connectivity index (χ1n) is 17.8. The molecule has 5 N–H and O–H groups in total. The third-order valence-electron chi connectivity index (χ3n) is 7.84. The summed E-state index contributed by atoms with van der Waals surface area (Å²) >= 11 is 0. The number of aromatic amines is 1. The summed E-state index contributed by atoms with van der Waals surface area (Å²) in [4.78, 5) is 37.6. The lowest BCUT2D eigenvalue weighted by Crippen LogP contribution is -2.43. The van der Waals surface area contributed by atoms with Crippen LogP contribution in [0.5, 0.6) is 0 Å². The number of alkyl halides is 1. The number of H-pyrrole nitrogens is 1. The highest BCUT2D eigenvalue weighted by Crippen LogP contribution is 2.45. The van der Waals surface area contributed by atoms with E-state index in [0.717, 1.165) is 62.3 Å². The van der Waals surface area contributed by atoms with Gasteiger partial charge in [-0.25, -0.2) is 18.8 Å². The molecule has 2 rings (SSSR count). The van der Waals surface area contributed by atoms with Crippen molar-refractivity contribution in [1.29, 1.82) is 0 Å². The summed E-state index contributed by atoms with van der Waals surface area (Å²) < 4.78 is 45.0. The maximum atomic E-state index is 15.4. The van der Waals surface area contributed by atoms with Gasteiger partial charge in [0.1, 0.15) is 12.2 Å². The zero-order valence-corrected chi connectivity index (χ0v) is 31.5. The molecule has 0 radical (unpaired) electrons. The first kappa shape index (κ1) is 44.7. The molecule has 1 saturated heterocycles. The molecule has 0 aromatic carbocycles. The molecule has 1 aliphatic rings. The van der Waals surface area contributed by atoms with Gasteiger partial charge < -0.3 is 25.0 Å². The van der Waals surface area contributed by atoms with E-state index in [1.54, 1.807) is 0 Å². The van der Waals surface area contributed by atoms with Gasteiger partial charge in [0, 0.05) is 52.0 Å². The van der Waals surface area contributed by atoms with E-state index in [2.05, 4.69) is 83.4 Å². The molecule has 15 heteroatoms. The Morgan fingerprint density at radius 3 is 2.08 bits per heavy atom. The third-order valence-corrected chi connectivity index (χ3v) is 9.42. The zero-order chi connectivity index (χ0) is 38.1. The molecule has 52 heavy (non-hydrogen) atoms. The number of carbonyl (C=O) groups is 1. The number of aromatic nitrogens is 2. The van der Waals surface area contributed by atoms with Crippen LogP contribution in [0.4, 0.5) is 4.39 Å². The van der Waals surface area contributed by atoms with Gasteiger partial charge in [0.05, 0.1) is 6.61 Å². The molecule has 2 heterocycles. The van der Waals surface area contributed by atoms with Gasteiger partial charge in [-0.3, -0.25) is 23.7 Å². The molecule has 1 amide bonds. The van der Waals surface area contributed by atoms with E-state index in [1.165, 1.54) is 7.11 Å². The predicted molar refractivity (Wildman–Crippen MR) is 203 cm³/mol. The monoisotopic (exact) mass is 749 g/mol. The average Bonchev–Trinajstić information content (AvgIpc) is 3.34. The van der Waals surface area contributed by atoms with Gasteiger partial charge in [-0.05, 0) is 51.9 Å². The molecule has 2 unspecified atom stereocenters. The second kappa shape index (κ2) is 25.5. The van der Waals surface area contributed by atoms with Gasteiger partial charge in [0.15, 0.2) is 11.9 Å². The Kier molecular flexibility index (Phi) is 21.9. The minimum Gasteiger partial charge on any atom is -0.387 e. The lowest BCUT2D eigenvalue weighted by molar-refractivity contribution is -0.120. The summed E-state index contributed by atoms with van der Waals surface area (Å²) in [5, 5.41) is 19.1. The van der Waals surface area contributed by atoms with Crippen LogP contribution in [-0.4, -0.2) is 78.3 Å². The minimum absolute atomic E-state index is 0.0508. The van der Waals surface area contributed by atoms with Crippen LogP contribution in [0.15, 0.2) is 94.8 Å². The van der Waals surface area contributed by atoms with Crippen molar-refractivity contribution in [2.45, 2.75) is 89.3 Å². The summed E-state index contributed by atoms with van der Waals surface area (Å²) in [7, 11) is -2.68. The molecule has 0 saturated carbocycles. The van der Waals surface area contributed by atoms with Gasteiger partial charge in [0.25, 0.3) is 5.56 Å². The highest BCUT2D eigenvalue weighted by Gasteiger charge is 2.55. The van der Waals surface area contributed by atoms with Crippen molar-refractivity contribution >= 4 is 13.7 Å². The van der Waals surface area contributed by atoms with Crippen LogP contribution in [0.2, 0.25) is 0 Å². The van der Waals surface area contributed by atoms with Crippen LogP contribution in [0.1, 0.15) is 71.4 Å². The normalized spacial score (nSPS) is 22.3. The number of aliphatic hydroxyl groups excluding tert-OH is 1. The molecule has 1 fully saturated rings. The maximum Gasteiger partial charge on any atom is 0.405 e. The van der Waals surface area contributed by atoms with E-state index in [9.17, 15) is 24.1 Å². The Morgan fingerprint density at radius 2 is 1.52 bits per heavy atom. The second-order valence-electron chi connectivity index (χ2n) is 12.1. The summed E-state index contributed by atoms with van der Waals surface area (Å²) in [6.45, 7) is 4.12. The largest absolute Gasteiger partial charge is 0.405 e. The van der Waals surface area contributed by atoms with Gasteiger partial charge >= 0.3 is 13.4 Å². The summed E-state index contributed by atoms with van der Waals surface area (Å²) in [6.07, 6.45) is 28.9. The first-order valence-corrected chi connectivity index (χ1v) is 19.3. The van der Waals surface area contributed by atoms with Gasteiger partial charge in [0.2, 0.25) is 5.91 Å². The van der Waals surface area contributed by atoms with E-state index in [-0.39, 0.29) is 12.5 Å². The van der Waals surface area contributed by atoms with Crippen LogP contribution >= 0.6 is 7.75 Å². The average molecular weight is 750 g/mol. The fraction of sp³-hybridized carbons (Fsp3) is 0.541. The summed E-state index contributed by atoms with van der Waals surface area (Å²) in [5.41, 5.74) is -4.00. The number of carbonyl (C=O) groups excluding carboxylic acids is 1. The molecular formula is C37H57FN5O8P. The standard InChI is InChI=1S/C37H57FN5O8P/c1-4-5-6-7-8-9-10-11-12-13-14-15-16-17-18-19-20-21-22-23-32(44)40-27-25-39-26-28-41-52(48,49-3)50-30-31-34(46)37(2,38)35(51-31)43-29-24-33(45)42-36(43)47/h5-6,8-9,11-12,14-15,17-18,20-21,24,29,31,34-35,39,46H,4,7,10,13,16,19,22-23,25-28,30H2,1-3H3,(H,40,44)(H,41,48)(H,42,45,47)/b6-5-,9-8-,12-11-,15-14-,18-17-,21-20-/t31-,34-,35?,37-,52?/m1/s1. The number of rotatable bonds is 26. The summed E-state index contributed by atoms with van der Waals surface area (Å²) in [6, 6.07) is 1.02. The highest BCUT2D eigenvalue weighted by molar-refractivity contribution is 7.51. The van der Waals surface area contributed by atoms with Crippen molar-refractivity contribution in [1.82, 2.24) is 25.3 Å². The molecule has 1 aromatic rings. The number of halogens is 1. The number of nitrogens with zero attached hydrogens (tertiary/aromatic N) is 1. The zero-order valence-electron chi connectivity index (χ0n) is 30.6. The van der Waals surface area contributed by atoms with E-state index in [0.29, 0.717) is 32.5 Å². The number of ether oxygens (including phenoxy) is 1. The molecule has 0 spiro atoms. The topological polar surface area (TPSA) is 173 Å². The van der Waals surface area contributed by atoms with Crippen molar-refractivity contribution < 1.29 is 32.6 Å². The number of hydrogen-bond donors (Lipinski definition) is 5. The Bertz CT molecular complexity index is 1530. The van der Waals surface area contributed by atoms with Crippen LogP contribution in [0.3, 0.4) is 0 Å². The first-order chi connectivity index (χ1) is 25.0. The van der Waals surface area contributed by atoms with Crippen molar-refractivity contribution in [3.8, 4) is 0 Å². The highest BCUT2D eigenvalue weighted by atomic mass is 31.2. The molecule has 0 aliphatic carbocycles. The molecule has 290 valence electrons. The SMILES string of the molecule is CC/C=C\C/C=C\C/C=C\C/C=C\C/C=C\C/C=C\CCC(=O)NCCNCCNP(=O)(OC)OC[C@H]1OC(n2ccc(=O)[nH]c2=O)[C@](C)(F)[C@@H]1O. The molecule has 5 atom stereocenters. The Morgan fingerprint density at radius 1 is 0.962 bits per heavy atom. The van der Waals surface area contributed by atoms with Crippen LogP contribution in [-0.2, 0) is 23.1 Å². The molecule has 1 aliphatic heterocycles. The van der Waals surface area contributed by atoms with E-state index < -0.39 is 49.7 Å². The van der Waals surface area contributed by atoms with E-state index in [1.807, 2.05) is 17.1 Å². The van der Waals surface area contributed by atoms with Crippen LogP contribution < -0.4 is 27.0 Å². The Labute approximate surface area is 306 Å². The number of allylic oxidation sites excluding steroid dienone is 12. The number of hydrogen-bond acceptors (Lipinski definition) is 9. The van der Waals surface area contributed by atoms with Gasteiger partial charge in [-0.2, -0.15) is 0 Å². The number of aliphatic hydroxyl groups is 1. The molecule has 13 nitrogen and oxygen atoms in total. The second-order valence-corrected chi connectivity index (χ2v) is 14.0. The molecule has 1 aromatic heterocycles. The van der Waals surface area contributed by atoms with E-state index >= 15 is 4.39 Å². The van der Waals surface area contributed by atoms with Crippen molar-refractivity contribution in [3.63, 3.8) is 0 Å².